The van der Waals surface area contributed by atoms with Crippen molar-refractivity contribution in [2.75, 3.05) is 0 Å². The summed E-state index contributed by atoms with van der Waals surface area (Å²) in [6.45, 7) is 1.16. The van der Waals surface area contributed by atoms with Crippen LogP contribution in [0.4, 0.5) is 10.1 Å². The van der Waals surface area contributed by atoms with E-state index in [1.807, 2.05) is 10.9 Å². The molecule has 0 aromatic heterocycles. The molecule has 1 aromatic rings. The number of hydrazine groups is 1. The number of rotatable bonds is 2. The van der Waals surface area contributed by atoms with Crippen molar-refractivity contribution in [1.29, 1.82) is 0 Å². The molecule has 7 nitrogen and oxygen atoms in total. The molecule has 0 aliphatic heterocycles. The van der Waals surface area contributed by atoms with Gasteiger partial charge in [-0.25, -0.2) is 4.39 Å². The van der Waals surface area contributed by atoms with Gasteiger partial charge in [0.2, 0.25) is 5.91 Å². The summed E-state index contributed by atoms with van der Waals surface area (Å²) in [5.41, 5.74) is 3.14. The second-order valence-corrected chi connectivity index (χ2v) is 3.09. The van der Waals surface area contributed by atoms with Gasteiger partial charge in [-0.15, -0.1) is 0 Å². The number of amides is 2. The molecule has 17 heavy (non-hydrogen) atoms. The van der Waals surface area contributed by atoms with E-state index in [0.717, 1.165) is 19.1 Å². The molecule has 0 saturated heterocycles. The van der Waals surface area contributed by atoms with E-state index in [9.17, 15) is 24.1 Å². The number of hydrogen-bond donors (Lipinski definition) is 2. The average molecular weight is 241 g/mol. The zero-order chi connectivity index (χ0) is 13.0. The molecule has 0 saturated carbocycles. The van der Waals surface area contributed by atoms with Crippen molar-refractivity contribution < 1.29 is 18.9 Å². The van der Waals surface area contributed by atoms with Gasteiger partial charge in [-0.1, -0.05) is 0 Å². The minimum Gasteiger partial charge on any atom is -0.274 e. The predicted molar refractivity (Wildman–Crippen MR) is 54.3 cm³/mol. The Morgan fingerprint density at radius 3 is 2.47 bits per heavy atom. The number of halogens is 1. The SMILES string of the molecule is CC(=O)NNC(=O)c1cc(F)cc([N+](=O)[O-])c1. The summed E-state index contributed by atoms with van der Waals surface area (Å²) in [7, 11) is 0. The van der Waals surface area contributed by atoms with E-state index in [1.165, 1.54) is 0 Å². The minimum atomic E-state index is -0.910. The van der Waals surface area contributed by atoms with Crippen molar-refractivity contribution in [3.63, 3.8) is 0 Å². The van der Waals surface area contributed by atoms with Crippen LogP contribution in [-0.2, 0) is 4.79 Å². The molecule has 0 unspecified atom stereocenters. The third-order valence-corrected chi connectivity index (χ3v) is 1.71. The molecule has 0 heterocycles. The van der Waals surface area contributed by atoms with Crippen LogP contribution in [0.3, 0.4) is 0 Å². The van der Waals surface area contributed by atoms with E-state index >= 15 is 0 Å². The Morgan fingerprint density at radius 2 is 1.94 bits per heavy atom. The summed E-state index contributed by atoms with van der Waals surface area (Å²) >= 11 is 0. The lowest BCUT2D eigenvalue weighted by atomic mass is 10.2. The monoisotopic (exact) mass is 241 g/mol. The second-order valence-electron chi connectivity index (χ2n) is 3.09. The summed E-state index contributed by atoms with van der Waals surface area (Å²) in [5, 5.41) is 10.4. The molecule has 8 heteroatoms. The van der Waals surface area contributed by atoms with E-state index in [2.05, 4.69) is 0 Å². The van der Waals surface area contributed by atoms with Gasteiger partial charge in [-0.05, 0) is 6.07 Å². The van der Waals surface area contributed by atoms with Crippen LogP contribution in [0.2, 0.25) is 0 Å². The van der Waals surface area contributed by atoms with Crippen LogP contribution in [-0.4, -0.2) is 16.7 Å². The molecule has 0 spiro atoms. The van der Waals surface area contributed by atoms with Gasteiger partial charge in [0.25, 0.3) is 11.6 Å². The van der Waals surface area contributed by atoms with E-state index in [0.29, 0.717) is 6.07 Å². The number of hydrogen-bond acceptors (Lipinski definition) is 4. The van der Waals surface area contributed by atoms with Crippen LogP contribution in [0.5, 0.6) is 0 Å². The lowest BCUT2D eigenvalue weighted by Crippen LogP contribution is -2.40. The van der Waals surface area contributed by atoms with Gasteiger partial charge in [0.1, 0.15) is 5.82 Å². The first-order valence-electron chi connectivity index (χ1n) is 4.42. The number of nitro groups is 1. The fourth-order valence-electron chi connectivity index (χ4n) is 1.03. The average Bonchev–Trinajstić information content (AvgIpc) is 2.24. The van der Waals surface area contributed by atoms with Crippen LogP contribution in [0.1, 0.15) is 17.3 Å². The van der Waals surface area contributed by atoms with E-state index in [-0.39, 0.29) is 5.56 Å². The Balaban J connectivity index is 2.93. The Morgan fingerprint density at radius 1 is 1.29 bits per heavy atom. The molecule has 2 N–H and O–H groups in total. The highest BCUT2D eigenvalue weighted by Crippen LogP contribution is 2.15. The van der Waals surface area contributed by atoms with Crippen molar-refractivity contribution in [2.45, 2.75) is 6.92 Å². The number of benzene rings is 1. The zero-order valence-electron chi connectivity index (χ0n) is 8.69. The number of non-ortho nitro benzene ring substituents is 1. The minimum absolute atomic E-state index is 0.259. The number of nitro benzene ring substituents is 1. The Kier molecular flexibility index (Phi) is 3.70. The van der Waals surface area contributed by atoms with Gasteiger partial charge in [0.15, 0.2) is 0 Å². The number of carbonyl (C=O) groups excluding carboxylic acids is 2. The van der Waals surface area contributed by atoms with Gasteiger partial charge < -0.3 is 0 Å². The second kappa shape index (κ2) is 5.01. The van der Waals surface area contributed by atoms with Gasteiger partial charge in [0, 0.05) is 13.0 Å². The molecule has 1 aromatic carbocycles. The standard InChI is InChI=1S/C9H8FN3O4/c1-5(14)11-12-9(15)6-2-7(10)4-8(3-6)13(16)17/h2-4H,1H3,(H,11,14)(H,12,15). The van der Waals surface area contributed by atoms with Crippen molar-refractivity contribution in [1.82, 2.24) is 10.9 Å². The van der Waals surface area contributed by atoms with E-state index in [1.54, 1.807) is 0 Å². The van der Waals surface area contributed by atoms with Gasteiger partial charge in [-0.3, -0.25) is 30.6 Å². The quantitative estimate of drug-likeness (QED) is 0.581. The van der Waals surface area contributed by atoms with E-state index in [4.69, 9.17) is 0 Å². The lowest BCUT2D eigenvalue weighted by molar-refractivity contribution is -0.385. The maximum Gasteiger partial charge on any atom is 0.273 e. The normalized spacial score (nSPS) is 9.53. The van der Waals surface area contributed by atoms with Crippen molar-refractivity contribution in [3.8, 4) is 0 Å². The Labute approximate surface area is 94.7 Å². The highest BCUT2D eigenvalue weighted by Gasteiger charge is 2.14. The zero-order valence-corrected chi connectivity index (χ0v) is 8.69. The topological polar surface area (TPSA) is 101 Å². The summed E-state index contributed by atoms with van der Waals surface area (Å²) in [5.74, 6) is -2.28. The number of nitrogens with zero attached hydrogens (tertiary/aromatic N) is 1. The van der Waals surface area contributed by atoms with Crippen LogP contribution in [0.15, 0.2) is 18.2 Å². The van der Waals surface area contributed by atoms with Crippen molar-refractivity contribution in [2.24, 2.45) is 0 Å². The molecule has 0 fully saturated rings. The van der Waals surface area contributed by atoms with Crippen LogP contribution in [0, 0.1) is 15.9 Å². The Hall–Kier alpha value is -2.51. The molecule has 0 aliphatic carbocycles. The maximum atomic E-state index is 13.0. The molecule has 0 radical (unpaired) electrons. The van der Waals surface area contributed by atoms with Crippen molar-refractivity contribution in [3.05, 3.63) is 39.7 Å². The first-order chi connectivity index (χ1) is 7.90. The van der Waals surface area contributed by atoms with Crippen LogP contribution < -0.4 is 10.9 Å². The summed E-state index contributed by atoms with van der Waals surface area (Å²) < 4.78 is 13.0. The fraction of sp³-hybridized carbons (Fsp3) is 0.111. The molecular formula is C9H8FN3O4. The van der Waals surface area contributed by atoms with E-state index < -0.39 is 28.2 Å². The predicted octanol–water partition coefficient (Wildman–Crippen LogP) is 0.515. The van der Waals surface area contributed by atoms with Gasteiger partial charge in [0.05, 0.1) is 16.6 Å². The molecule has 90 valence electrons. The molecule has 0 bridgehead atoms. The lowest BCUT2D eigenvalue weighted by Gasteiger charge is -2.04. The Bertz CT molecular complexity index is 489. The van der Waals surface area contributed by atoms with Gasteiger partial charge >= 0.3 is 0 Å². The largest absolute Gasteiger partial charge is 0.274 e. The molecule has 0 aliphatic rings. The maximum absolute atomic E-state index is 13.0. The fourth-order valence-corrected chi connectivity index (χ4v) is 1.03. The molecule has 1 rings (SSSR count). The first-order valence-corrected chi connectivity index (χ1v) is 4.42. The van der Waals surface area contributed by atoms with Crippen molar-refractivity contribution >= 4 is 17.5 Å². The smallest absolute Gasteiger partial charge is 0.273 e. The third kappa shape index (κ3) is 3.52. The molecule has 2 amide bonds. The molecule has 0 atom stereocenters. The summed E-state index contributed by atoms with van der Waals surface area (Å²) in [6.07, 6.45) is 0. The van der Waals surface area contributed by atoms with Crippen LogP contribution in [0.25, 0.3) is 0 Å². The summed E-state index contributed by atoms with van der Waals surface area (Å²) in [4.78, 5) is 31.5. The number of nitrogens with one attached hydrogen (secondary N) is 2. The first kappa shape index (κ1) is 12.6. The summed E-state index contributed by atoms with van der Waals surface area (Å²) in [6, 6.07) is 2.42. The highest BCUT2D eigenvalue weighted by molar-refractivity contribution is 5.95. The highest BCUT2D eigenvalue weighted by atomic mass is 19.1. The molecular weight excluding hydrogens is 233 g/mol. The number of carbonyl (C=O) groups is 2. The van der Waals surface area contributed by atoms with Crippen LogP contribution >= 0.6 is 0 Å². The van der Waals surface area contributed by atoms with Gasteiger partial charge in [-0.2, -0.15) is 0 Å². The third-order valence-electron chi connectivity index (χ3n) is 1.71.